The van der Waals surface area contributed by atoms with Crippen LogP contribution in [0.15, 0.2) is 6.07 Å². The van der Waals surface area contributed by atoms with E-state index in [9.17, 15) is 4.21 Å². The fraction of sp³-hybridized carbons (Fsp3) is 0.636. The van der Waals surface area contributed by atoms with Gasteiger partial charge in [0, 0.05) is 48.4 Å². The van der Waals surface area contributed by atoms with Crippen LogP contribution in [0.1, 0.15) is 19.7 Å². The van der Waals surface area contributed by atoms with Crippen molar-refractivity contribution in [2.24, 2.45) is 0 Å². The second-order valence-electron chi connectivity index (χ2n) is 3.64. The number of anilines is 2. The molecular formula is C11H20N4OS. The second kappa shape index (κ2) is 7.21. The van der Waals surface area contributed by atoms with Gasteiger partial charge in [0.15, 0.2) is 0 Å². The first kappa shape index (κ1) is 13.9. The number of aryl methyl sites for hydroxylation is 1. The first-order valence-electron chi connectivity index (χ1n) is 5.81. The number of aromatic nitrogens is 2. The van der Waals surface area contributed by atoms with Gasteiger partial charge in [0.25, 0.3) is 0 Å². The summed E-state index contributed by atoms with van der Waals surface area (Å²) in [5, 5.41) is 6.34. The highest BCUT2D eigenvalue weighted by Crippen LogP contribution is 2.11. The van der Waals surface area contributed by atoms with Gasteiger partial charge >= 0.3 is 0 Å². The first-order valence-corrected chi connectivity index (χ1v) is 7.54. The summed E-state index contributed by atoms with van der Waals surface area (Å²) in [4.78, 5) is 8.73. The van der Waals surface area contributed by atoms with Gasteiger partial charge in [-0.3, -0.25) is 4.21 Å². The van der Waals surface area contributed by atoms with E-state index >= 15 is 0 Å². The summed E-state index contributed by atoms with van der Waals surface area (Å²) in [6.07, 6.45) is 2.50. The molecule has 0 aliphatic carbocycles. The van der Waals surface area contributed by atoms with Crippen LogP contribution in [-0.4, -0.2) is 39.3 Å². The van der Waals surface area contributed by atoms with E-state index in [0.717, 1.165) is 30.4 Å². The highest BCUT2D eigenvalue weighted by Gasteiger charge is 2.02. The summed E-state index contributed by atoms with van der Waals surface area (Å²) in [6, 6.07) is 1.88. The molecule has 0 radical (unpaired) electrons. The van der Waals surface area contributed by atoms with E-state index in [1.807, 2.05) is 19.9 Å². The number of hydrogen-bond donors (Lipinski definition) is 2. The van der Waals surface area contributed by atoms with Crippen LogP contribution in [0.5, 0.6) is 0 Å². The summed E-state index contributed by atoms with van der Waals surface area (Å²) in [5.74, 6) is 3.06. The summed E-state index contributed by atoms with van der Waals surface area (Å²) in [7, 11) is -0.777. The Labute approximate surface area is 105 Å². The van der Waals surface area contributed by atoms with E-state index in [4.69, 9.17) is 0 Å². The lowest BCUT2D eigenvalue weighted by molar-refractivity contribution is 0.687. The van der Waals surface area contributed by atoms with Gasteiger partial charge in [0.2, 0.25) is 0 Å². The van der Waals surface area contributed by atoms with Crippen molar-refractivity contribution < 1.29 is 4.21 Å². The molecule has 1 atom stereocenters. The van der Waals surface area contributed by atoms with Gasteiger partial charge in [-0.05, 0) is 6.92 Å². The van der Waals surface area contributed by atoms with Crippen molar-refractivity contribution in [2.45, 2.75) is 20.3 Å². The predicted molar refractivity (Wildman–Crippen MR) is 73.0 cm³/mol. The van der Waals surface area contributed by atoms with Crippen LogP contribution in [0.4, 0.5) is 11.6 Å². The minimum atomic E-state index is -0.777. The zero-order valence-electron chi connectivity index (χ0n) is 10.6. The summed E-state index contributed by atoms with van der Waals surface area (Å²) < 4.78 is 11.0. The molecule has 0 bridgehead atoms. The third kappa shape index (κ3) is 5.12. The molecule has 96 valence electrons. The molecule has 0 amide bonds. The number of nitrogens with zero attached hydrogens (tertiary/aromatic N) is 2. The molecule has 1 rings (SSSR count). The molecule has 0 fully saturated rings. The van der Waals surface area contributed by atoms with Gasteiger partial charge in [-0.15, -0.1) is 0 Å². The molecule has 0 aliphatic rings. The summed E-state index contributed by atoms with van der Waals surface area (Å²) >= 11 is 0. The Morgan fingerprint density at radius 3 is 2.41 bits per heavy atom. The van der Waals surface area contributed by atoms with Crippen LogP contribution in [0, 0.1) is 0 Å². The minimum absolute atomic E-state index is 0.627. The van der Waals surface area contributed by atoms with Crippen molar-refractivity contribution in [1.29, 1.82) is 0 Å². The molecule has 0 saturated heterocycles. The van der Waals surface area contributed by atoms with E-state index in [0.29, 0.717) is 12.3 Å². The Bertz CT molecular complexity index is 384. The third-order valence-corrected chi connectivity index (χ3v) is 2.92. The Balaban J connectivity index is 2.69. The second-order valence-corrected chi connectivity index (χ2v) is 5.20. The number of nitrogens with one attached hydrogen (secondary N) is 2. The van der Waals surface area contributed by atoms with Crippen LogP contribution in [0.3, 0.4) is 0 Å². The Morgan fingerprint density at radius 2 is 1.88 bits per heavy atom. The lowest BCUT2D eigenvalue weighted by Crippen LogP contribution is -2.12. The van der Waals surface area contributed by atoms with Crippen molar-refractivity contribution in [3.63, 3.8) is 0 Å². The van der Waals surface area contributed by atoms with Crippen LogP contribution >= 0.6 is 0 Å². The third-order valence-electron chi connectivity index (χ3n) is 2.14. The Kier molecular flexibility index (Phi) is 5.90. The maximum absolute atomic E-state index is 11.0. The first-order chi connectivity index (χ1) is 8.15. The van der Waals surface area contributed by atoms with Crippen molar-refractivity contribution in [1.82, 2.24) is 9.97 Å². The fourth-order valence-corrected chi connectivity index (χ4v) is 1.73. The van der Waals surface area contributed by atoms with Gasteiger partial charge in [0.1, 0.15) is 17.5 Å². The van der Waals surface area contributed by atoms with Crippen LogP contribution in [-0.2, 0) is 17.2 Å². The largest absolute Gasteiger partial charge is 0.370 e. The van der Waals surface area contributed by atoms with Crippen molar-refractivity contribution >= 4 is 22.4 Å². The molecule has 2 N–H and O–H groups in total. The quantitative estimate of drug-likeness (QED) is 0.769. The monoisotopic (exact) mass is 256 g/mol. The maximum atomic E-state index is 11.0. The van der Waals surface area contributed by atoms with Gasteiger partial charge < -0.3 is 10.6 Å². The molecular weight excluding hydrogens is 236 g/mol. The van der Waals surface area contributed by atoms with Gasteiger partial charge in [-0.1, -0.05) is 6.92 Å². The minimum Gasteiger partial charge on any atom is -0.370 e. The molecule has 0 saturated carbocycles. The van der Waals surface area contributed by atoms with Crippen LogP contribution in [0.2, 0.25) is 0 Å². The van der Waals surface area contributed by atoms with Crippen molar-refractivity contribution in [2.75, 3.05) is 35.7 Å². The van der Waals surface area contributed by atoms with E-state index in [1.165, 1.54) is 0 Å². The Hall–Kier alpha value is -1.17. The molecule has 1 aromatic heterocycles. The summed E-state index contributed by atoms with van der Waals surface area (Å²) in [6.45, 7) is 5.55. The number of rotatable bonds is 7. The van der Waals surface area contributed by atoms with E-state index in [-0.39, 0.29) is 0 Å². The average molecular weight is 256 g/mol. The highest BCUT2D eigenvalue weighted by atomic mass is 32.2. The summed E-state index contributed by atoms with van der Waals surface area (Å²) in [5.41, 5.74) is 0. The van der Waals surface area contributed by atoms with Crippen LogP contribution < -0.4 is 10.6 Å². The maximum Gasteiger partial charge on any atom is 0.132 e. The molecule has 1 unspecified atom stereocenters. The van der Waals surface area contributed by atoms with E-state index < -0.39 is 10.8 Å². The van der Waals surface area contributed by atoms with Gasteiger partial charge in [-0.2, -0.15) is 0 Å². The fourth-order valence-electron chi connectivity index (χ4n) is 1.34. The molecule has 0 aliphatic heterocycles. The lowest BCUT2D eigenvalue weighted by Gasteiger charge is -2.09. The lowest BCUT2D eigenvalue weighted by atomic mass is 10.4. The Morgan fingerprint density at radius 1 is 1.24 bits per heavy atom. The highest BCUT2D eigenvalue weighted by molar-refractivity contribution is 7.84. The van der Waals surface area contributed by atoms with Crippen molar-refractivity contribution in [3.8, 4) is 0 Å². The zero-order chi connectivity index (χ0) is 12.7. The molecule has 1 heterocycles. The molecule has 0 aromatic carbocycles. The predicted octanol–water partition coefficient (Wildman–Crippen LogP) is 1.26. The zero-order valence-corrected chi connectivity index (χ0v) is 11.4. The van der Waals surface area contributed by atoms with Gasteiger partial charge in [0.05, 0.1) is 0 Å². The topological polar surface area (TPSA) is 66.9 Å². The standard InChI is InChI=1S/C11H20N4OS/c1-4-9-14-10(12-5-2)8-11(15-9)13-6-7-17(3)16/h8H,4-7H2,1-3H3,(H2,12,13,14,15). The smallest absolute Gasteiger partial charge is 0.132 e. The van der Waals surface area contributed by atoms with Gasteiger partial charge in [-0.25, -0.2) is 9.97 Å². The van der Waals surface area contributed by atoms with Crippen molar-refractivity contribution in [3.05, 3.63) is 11.9 Å². The molecule has 5 nitrogen and oxygen atoms in total. The molecule has 17 heavy (non-hydrogen) atoms. The van der Waals surface area contributed by atoms with E-state index in [1.54, 1.807) is 6.26 Å². The molecule has 6 heteroatoms. The van der Waals surface area contributed by atoms with Crippen LogP contribution in [0.25, 0.3) is 0 Å². The van der Waals surface area contributed by atoms with E-state index in [2.05, 4.69) is 20.6 Å². The SMILES string of the molecule is CCNc1cc(NCCS(C)=O)nc(CC)n1. The molecule has 1 aromatic rings. The molecule has 0 spiro atoms. The normalized spacial score (nSPS) is 12.2. The number of hydrogen-bond acceptors (Lipinski definition) is 5. The average Bonchev–Trinajstić information content (AvgIpc) is 2.28.